The third-order valence-corrected chi connectivity index (χ3v) is 3.89. The van der Waals surface area contributed by atoms with E-state index in [-0.39, 0.29) is 5.82 Å². The third kappa shape index (κ3) is 3.93. The summed E-state index contributed by atoms with van der Waals surface area (Å²) in [4.78, 5) is 4.57. The Balaban J connectivity index is 2.05. The molecule has 0 unspecified atom stereocenters. The number of nitrogens with zero attached hydrogens (tertiary/aromatic N) is 2. The fraction of sp³-hybridized carbons (Fsp3) is 0.625. The van der Waals surface area contributed by atoms with E-state index in [9.17, 15) is 4.39 Å². The van der Waals surface area contributed by atoms with Gasteiger partial charge in [-0.3, -0.25) is 0 Å². The van der Waals surface area contributed by atoms with Crippen molar-refractivity contribution in [1.29, 1.82) is 0 Å². The van der Waals surface area contributed by atoms with Crippen LogP contribution in [0.5, 0.6) is 0 Å². The number of anilines is 1. The summed E-state index contributed by atoms with van der Waals surface area (Å²) in [6.07, 6.45) is 0. The molecule has 1 aliphatic rings. The molecule has 3 nitrogen and oxygen atoms in total. The van der Waals surface area contributed by atoms with Crippen LogP contribution < -0.4 is 10.2 Å². The van der Waals surface area contributed by atoms with Gasteiger partial charge >= 0.3 is 0 Å². The van der Waals surface area contributed by atoms with Gasteiger partial charge in [0.25, 0.3) is 0 Å². The Morgan fingerprint density at radius 1 is 1.20 bits per heavy atom. The van der Waals surface area contributed by atoms with Crippen LogP contribution in [0.1, 0.15) is 26.3 Å². The Bertz CT molecular complexity index is 426. The fourth-order valence-electron chi connectivity index (χ4n) is 2.54. The zero-order chi connectivity index (χ0) is 14.5. The number of benzene rings is 1. The summed E-state index contributed by atoms with van der Waals surface area (Å²) in [6.45, 7) is 12.1. The molecular weight excluding hydrogens is 253 g/mol. The highest BCUT2D eigenvalue weighted by atomic mass is 19.1. The molecule has 112 valence electrons. The van der Waals surface area contributed by atoms with E-state index in [4.69, 9.17) is 0 Å². The van der Waals surface area contributed by atoms with Crippen molar-refractivity contribution in [2.24, 2.45) is 0 Å². The van der Waals surface area contributed by atoms with Crippen molar-refractivity contribution in [3.63, 3.8) is 0 Å². The van der Waals surface area contributed by atoms with Gasteiger partial charge in [0.1, 0.15) is 5.82 Å². The number of nitrogens with one attached hydrogen (secondary N) is 1. The average Bonchev–Trinajstić information content (AvgIpc) is 2.46. The topological polar surface area (TPSA) is 18.5 Å². The van der Waals surface area contributed by atoms with Gasteiger partial charge in [-0.15, -0.1) is 0 Å². The molecule has 0 bridgehead atoms. The van der Waals surface area contributed by atoms with Gasteiger partial charge in [0, 0.05) is 38.8 Å². The lowest BCUT2D eigenvalue weighted by atomic mass is 10.1. The van der Waals surface area contributed by atoms with E-state index in [1.54, 1.807) is 6.07 Å². The van der Waals surface area contributed by atoms with Gasteiger partial charge in [0.05, 0.1) is 5.69 Å². The molecule has 0 spiro atoms. The van der Waals surface area contributed by atoms with Crippen molar-refractivity contribution < 1.29 is 4.39 Å². The van der Waals surface area contributed by atoms with Crippen molar-refractivity contribution in [3.05, 3.63) is 29.6 Å². The predicted octanol–water partition coefficient (Wildman–Crippen LogP) is 2.47. The largest absolute Gasteiger partial charge is 0.367 e. The highest BCUT2D eigenvalue weighted by Gasteiger charge is 2.18. The zero-order valence-corrected chi connectivity index (χ0v) is 12.8. The molecule has 0 aliphatic carbocycles. The van der Waals surface area contributed by atoms with Gasteiger partial charge in [-0.2, -0.15) is 0 Å². The second kappa shape index (κ2) is 7.04. The van der Waals surface area contributed by atoms with Gasteiger partial charge in [-0.05, 0) is 24.2 Å². The fourth-order valence-corrected chi connectivity index (χ4v) is 2.54. The first-order chi connectivity index (χ1) is 9.60. The van der Waals surface area contributed by atoms with E-state index in [1.165, 1.54) is 0 Å². The molecule has 1 fully saturated rings. The maximum absolute atomic E-state index is 14.1. The molecule has 0 amide bonds. The van der Waals surface area contributed by atoms with Crippen LogP contribution in [0.2, 0.25) is 0 Å². The Kier molecular flexibility index (Phi) is 5.38. The molecule has 2 rings (SSSR count). The lowest BCUT2D eigenvalue weighted by Crippen LogP contribution is -2.46. The standard InChI is InChI=1S/C16H26FN3/c1-4-19-7-9-20(10-8-19)16-11-14(5-6-15(16)17)12-18-13(2)3/h5-6,11,13,18H,4,7-10,12H2,1-3H3. The molecular formula is C16H26FN3. The Morgan fingerprint density at radius 2 is 1.90 bits per heavy atom. The van der Waals surface area contributed by atoms with Gasteiger partial charge in [0.15, 0.2) is 0 Å². The van der Waals surface area contributed by atoms with E-state index in [0.717, 1.165) is 50.5 Å². The SMILES string of the molecule is CCN1CCN(c2cc(CNC(C)C)ccc2F)CC1. The first kappa shape index (κ1) is 15.3. The van der Waals surface area contributed by atoms with Crippen molar-refractivity contribution in [1.82, 2.24) is 10.2 Å². The second-order valence-electron chi connectivity index (χ2n) is 5.74. The van der Waals surface area contributed by atoms with Gasteiger partial charge in [-0.25, -0.2) is 4.39 Å². The highest BCUT2D eigenvalue weighted by Crippen LogP contribution is 2.22. The number of piperazine rings is 1. The van der Waals surface area contributed by atoms with Crippen LogP contribution in [0.15, 0.2) is 18.2 Å². The molecule has 0 saturated carbocycles. The molecule has 1 heterocycles. The smallest absolute Gasteiger partial charge is 0.146 e. The summed E-state index contributed by atoms with van der Waals surface area (Å²) in [6, 6.07) is 5.90. The van der Waals surface area contributed by atoms with Crippen LogP contribution in [0.25, 0.3) is 0 Å². The van der Waals surface area contributed by atoms with Crippen LogP contribution in [0.4, 0.5) is 10.1 Å². The monoisotopic (exact) mass is 279 g/mol. The van der Waals surface area contributed by atoms with Crippen molar-refractivity contribution in [2.45, 2.75) is 33.4 Å². The zero-order valence-electron chi connectivity index (χ0n) is 12.8. The van der Waals surface area contributed by atoms with Crippen LogP contribution in [0, 0.1) is 5.82 Å². The van der Waals surface area contributed by atoms with Gasteiger partial charge in [0.2, 0.25) is 0 Å². The lowest BCUT2D eigenvalue weighted by Gasteiger charge is -2.35. The summed E-state index contributed by atoms with van der Waals surface area (Å²) in [5.74, 6) is -0.108. The molecule has 1 aromatic rings. The molecule has 4 heteroatoms. The minimum atomic E-state index is -0.108. The molecule has 20 heavy (non-hydrogen) atoms. The predicted molar refractivity (Wildman–Crippen MR) is 82.7 cm³/mol. The third-order valence-electron chi connectivity index (χ3n) is 3.89. The quantitative estimate of drug-likeness (QED) is 0.893. The Morgan fingerprint density at radius 3 is 2.50 bits per heavy atom. The summed E-state index contributed by atoms with van der Waals surface area (Å²) >= 11 is 0. The van der Waals surface area contributed by atoms with E-state index in [0.29, 0.717) is 6.04 Å². The molecule has 1 aromatic carbocycles. The normalized spacial score (nSPS) is 16.9. The summed E-state index contributed by atoms with van der Waals surface area (Å²) < 4.78 is 14.1. The highest BCUT2D eigenvalue weighted by molar-refractivity contribution is 5.50. The molecule has 0 radical (unpaired) electrons. The lowest BCUT2D eigenvalue weighted by molar-refractivity contribution is 0.270. The Labute approximate surface area is 121 Å². The van der Waals surface area contributed by atoms with E-state index in [2.05, 4.69) is 35.9 Å². The first-order valence-electron chi connectivity index (χ1n) is 7.59. The minimum Gasteiger partial charge on any atom is -0.367 e. The number of likely N-dealkylation sites (N-methyl/N-ethyl adjacent to an activating group) is 1. The second-order valence-corrected chi connectivity index (χ2v) is 5.74. The van der Waals surface area contributed by atoms with Crippen LogP contribution in [-0.4, -0.2) is 43.7 Å². The first-order valence-corrected chi connectivity index (χ1v) is 7.59. The average molecular weight is 279 g/mol. The molecule has 1 aliphatic heterocycles. The number of hydrogen-bond acceptors (Lipinski definition) is 3. The molecule has 0 atom stereocenters. The van der Waals surface area contributed by atoms with E-state index < -0.39 is 0 Å². The maximum atomic E-state index is 14.1. The van der Waals surface area contributed by atoms with Gasteiger partial charge in [-0.1, -0.05) is 26.8 Å². The van der Waals surface area contributed by atoms with Crippen molar-refractivity contribution >= 4 is 5.69 Å². The van der Waals surface area contributed by atoms with Crippen molar-refractivity contribution in [2.75, 3.05) is 37.6 Å². The van der Waals surface area contributed by atoms with E-state index in [1.807, 2.05) is 12.1 Å². The summed E-state index contributed by atoms with van der Waals surface area (Å²) in [5, 5.41) is 3.38. The number of rotatable bonds is 5. The maximum Gasteiger partial charge on any atom is 0.146 e. The number of hydrogen-bond donors (Lipinski definition) is 1. The number of halogens is 1. The molecule has 1 saturated heterocycles. The van der Waals surface area contributed by atoms with Crippen LogP contribution in [-0.2, 0) is 6.54 Å². The van der Waals surface area contributed by atoms with Crippen LogP contribution >= 0.6 is 0 Å². The van der Waals surface area contributed by atoms with Gasteiger partial charge < -0.3 is 15.1 Å². The molecule has 0 aromatic heterocycles. The van der Waals surface area contributed by atoms with Crippen LogP contribution in [0.3, 0.4) is 0 Å². The molecule has 1 N–H and O–H groups in total. The summed E-state index contributed by atoms with van der Waals surface area (Å²) in [7, 11) is 0. The summed E-state index contributed by atoms with van der Waals surface area (Å²) in [5.41, 5.74) is 1.90. The van der Waals surface area contributed by atoms with E-state index >= 15 is 0 Å². The Hall–Kier alpha value is -1.13. The van der Waals surface area contributed by atoms with Crippen molar-refractivity contribution in [3.8, 4) is 0 Å². The minimum absolute atomic E-state index is 0.108.